The molecule has 1 unspecified atom stereocenters. The van der Waals surface area contributed by atoms with Gasteiger partial charge in [-0.25, -0.2) is 0 Å². The second kappa shape index (κ2) is 6.24. The highest BCUT2D eigenvalue weighted by atomic mass is 32.1. The molecule has 5 heteroatoms. The normalized spacial score (nSPS) is 25.2. The van der Waals surface area contributed by atoms with Crippen LogP contribution in [0.15, 0.2) is 16.8 Å². The Hall–Kier alpha value is -0.910. The van der Waals surface area contributed by atoms with E-state index in [4.69, 9.17) is 5.73 Å². The van der Waals surface area contributed by atoms with Crippen molar-refractivity contribution < 1.29 is 4.79 Å². The van der Waals surface area contributed by atoms with Gasteiger partial charge in [0.1, 0.15) is 0 Å². The van der Waals surface area contributed by atoms with Crippen LogP contribution in [0, 0.1) is 0 Å². The molecule has 0 aliphatic carbocycles. The van der Waals surface area contributed by atoms with E-state index in [0.717, 1.165) is 45.3 Å². The third-order valence-electron chi connectivity index (χ3n) is 4.49. The lowest BCUT2D eigenvalue weighted by atomic mass is 10.1. The number of carbonyl (C=O) groups is 1. The van der Waals surface area contributed by atoms with E-state index in [1.54, 1.807) is 11.3 Å². The fourth-order valence-corrected chi connectivity index (χ4v) is 3.98. The first-order valence-corrected chi connectivity index (χ1v) is 8.48. The molecule has 0 bridgehead atoms. The van der Waals surface area contributed by atoms with Crippen LogP contribution in [-0.4, -0.2) is 47.9 Å². The summed E-state index contributed by atoms with van der Waals surface area (Å²) in [5.74, 6) is 0.286. The Morgan fingerprint density at radius 1 is 1.30 bits per heavy atom. The summed E-state index contributed by atoms with van der Waals surface area (Å²) in [6, 6.07) is 2.79. The van der Waals surface area contributed by atoms with Gasteiger partial charge in [-0.1, -0.05) is 0 Å². The lowest BCUT2D eigenvalue weighted by Gasteiger charge is -2.32. The molecule has 0 saturated carbocycles. The monoisotopic (exact) mass is 293 g/mol. The van der Waals surface area contributed by atoms with Crippen LogP contribution in [0.25, 0.3) is 0 Å². The molecule has 4 nitrogen and oxygen atoms in total. The Kier molecular flexibility index (Phi) is 4.38. The standard InChI is InChI=1S/C15H23N3OS/c16-13-3-7-17(8-4-13)10-15(19)18-6-1-2-14(18)12-5-9-20-11-12/h5,9,11,13-14H,1-4,6-8,10,16H2. The summed E-state index contributed by atoms with van der Waals surface area (Å²) in [7, 11) is 0. The van der Waals surface area contributed by atoms with Gasteiger partial charge in [-0.05, 0) is 48.1 Å². The first-order chi connectivity index (χ1) is 9.74. The van der Waals surface area contributed by atoms with Crippen molar-refractivity contribution in [3.05, 3.63) is 22.4 Å². The average Bonchev–Trinajstić information content (AvgIpc) is 3.11. The Labute approximate surface area is 124 Å². The van der Waals surface area contributed by atoms with Crippen LogP contribution in [0.4, 0.5) is 0 Å². The molecule has 0 spiro atoms. The minimum Gasteiger partial charge on any atom is -0.335 e. The smallest absolute Gasteiger partial charge is 0.237 e. The summed E-state index contributed by atoms with van der Waals surface area (Å²) in [5.41, 5.74) is 7.22. The molecule has 1 atom stereocenters. The maximum absolute atomic E-state index is 12.6. The zero-order valence-electron chi connectivity index (χ0n) is 11.8. The summed E-state index contributed by atoms with van der Waals surface area (Å²) >= 11 is 1.71. The van der Waals surface area contributed by atoms with Crippen molar-refractivity contribution in [3.63, 3.8) is 0 Å². The highest BCUT2D eigenvalue weighted by Crippen LogP contribution is 2.33. The number of thiophene rings is 1. The van der Waals surface area contributed by atoms with Crippen molar-refractivity contribution in [2.24, 2.45) is 5.73 Å². The summed E-state index contributed by atoms with van der Waals surface area (Å²) in [6.07, 6.45) is 4.26. The van der Waals surface area contributed by atoms with Gasteiger partial charge in [0.05, 0.1) is 12.6 Å². The van der Waals surface area contributed by atoms with Crippen LogP contribution in [0.3, 0.4) is 0 Å². The number of carbonyl (C=O) groups excluding carboxylic acids is 1. The Balaban J connectivity index is 1.59. The minimum atomic E-state index is 0.286. The molecule has 0 aromatic carbocycles. The van der Waals surface area contributed by atoms with Gasteiger partial charge in [-0.2, -0.15) is 11.3 Å². The molecule has 2 N–H and O–H groups in total. The molecule has 110 valence electrons. The van der Waals surface area contributed by atoms with Gasteiger partial charge in [0, 0.05) is 25.7 Å². The second-order valence-electron chi connectivity index (χ2n) is 5.92. The highest BCUT2D eigenvalue weighted by Gasteiger charge is 2.31. The number of rotatable bonds is 3. The second-order valence-corrected chi connectivity index (χ2v) is 6.70. The summed E-state index contributed by atoms with van der Waals surface area (Å²) in [6.45, 7) is 3.40. The number of amides is 1. The van der Waals surface area contributed by atoms with E-state index in [9.17, 15) is 4.79 Å². The topological polar surface area (TPSA) is 49.6 Å². The SMILES string of the molecule is NC1CCN(CC(=O)N2CCCC2c2ccsc2)CC1. The molecule has 1 amide bonds. The third kappa shape index (κ3) is 3.05. The van der Waals surface area contributed by atoms with E-state index >= 15 is 0 Å². The molecule has 1 aromatic rings. The van der Waals surface area contributed by atoms with E-state index in [1.165, 1.54) is 5.56 Å². The van der Waals surface area contributed by atoms with E-state index < -0.39 is 0 Å². The predicted molar refractivity (Wildman–Crippen MR) is 81.7 cm³/mol. The zero-order valence-corrected chi connectivity index (χ0v) is 12.6. The first-order valence-electron chi connectivity index (χ1n) is 7.53. The summed E-state index contributed by atoms with van der Waals surface area (Å²) in [5, 5.41) is 4.28. The quantitative estimate of drug-likeness (QED) is 0.925. The molecule has 2 fully saturated rings. The fourth-order valence-electron chi connectivity index (χ4n) is 3.27. The molecule has 1 aromatic heterocycles. The number of hydrogen-bond donors (Lipinski definition) is 1. The average molecular weight is 293 g/mol. The van der Waals surface area contributed by atoms with Crippen molar-refractivity contribution in [2.75, 3.05) is 26.2 Å². The highest BCUT2D eigenvalue weighted by molar-refractivity contribution is 7.07. The van der Waals surface area contributed by atoms with E-state index in [0.29, 0.717) is 18.6 Å². The Morgan fingerprint density at radius 2 is 2.10 bits per heavy atom. The van der Waals surface area contributed by atoms with Crippen LogP contribution in [0.5, 0.6) is 0 Å². The van der Waals surface area contributed by atoms with Gasteiger partial charge in [0.2, 0.25) is 5.91 Å². The lowest BCUT2D eigenvalue weighted by Crippen LogP contribution is -2.45. The molecule has 0 radical (unpaired) electrons. The van der Waals surface area contributed by atoms with E-state index in [-0.39, 0.29) is 5.91 Å². The number of piperidine rings is 1. The van der Waals surface area contributed by atoms with Crippen molar-refractivity contribution in [1.82, 2.24) is 9.80 Å². The largest absolute Gasteiger partial charge is 0.335 e. The maximum Gasteiger partial charge on any atom is 0.237 e. The first kappa shape index (κ1) is 14.0. The van der Waals surface area contributed by atoms with Gasteiger partial charge in [0.15, 0.2) is 0 Å². The third-order valence-corrected chi connectivity index (χ3v) is 5.19. The van der Waals surface area contributed by atoms with Gasteiger partial charge >= 0.3 is 0 Å². The molecular formula is C15H23N3OS. The Bertz CT molecular complexity index is 440. The Morgan fingerprint density at radius 3 is 2.80 bits per heavy atom. The molecule has 2 aliphatic heterocycles. The molecule has 20 heavy (non-hydrogen) atoms. The van der Waals surface area contributed by atoms with Gasteiger partial charge in [-0.3, -0.25) is 9.69 Å². The maximum atomic E-state index is 12.6. The zero-order chi connectivity index (χ0) is 13.9. The van der Waals surface area contributed by atoms with Crippen LogP contribution < -0.4 is 5.73 Å². The summed E-state index contributed by atoms with van der Waals surface area (Å²) in [4.78, 5) is 16.9. The van der Waals surface area contributed by atoms with E-state index in [1.807, 2.05) is 0 Å². The van der Waals surface area contributed by atoms with Crippen molar-refractivity contribution in [3.8, 4) is 0 Å². The van der Waals surface area contributed by atoms with Crippen molar-refractivity contribution >= 4 is 17.2 Å². The number of nitrogens with zero attached hydrogens (tertiary/aromatic N) is 2. The number of hydrogen-bond acceptors (Lipinski definition) is 4. The fraction of sp³-hybridized carbons (Fsp3) is 0.667. The van der Waals surface area contributed by atoms with Gasteiger partial charge in [0.25, 0.3) is 0 Å². The van der Waals surface area contributed by atoms with Crippen LogP contribution >= 0.6 is 11.3 Å². The van der Waals surface area contributed by atoms with Gasteiger partial charge < -0.3 is 10.6 Å². The molecule has 2 saturated heterocycles. The van der Waals surface area contributed by atoms with Crippen LogP contribution in [0.2, 0.25) is 0 Å². The van der Waals surface area contributed by atoms with Gasteiger partial charge in [-0.15, -0.1) is 0 Å². The predicted octanol–water partition coefficient (Wildman–Crippen LogP) is 1.83. The van der Waals surface area contributed by atoms with E-state index in [2.05, 4.69) is 26.6 Å². The molecular weight excluding hydrogens is 270 g/mol. The minimum absolute atomic E-state index is 0.286. The van der Waals surface area contributed by atoms with Crippen LogP contribution in [0.1, 0.15) is 37.3 Å². The molecule has 3 heterocycles. The number of likely N-dealkylation sites (tertiary alicyclic amines) is 2. The van der Waals surface area contributed by atoms with Crippen molar-refractivity contribution in [2.45, 2.75) is 37.8 Å². The molecule has 2 aliphatic rings. The van der Waals surface area contributed by atoms with Crippen LogP contribution in [-0.2, 0) is 4.79 Å². The molecule has 3 rings (SSSR count). The number of nitrogens with two attached hydrogens (primary N) is 1. The summed E-state index contributed by atoms with van der Waals surface area (Å²) < 4.78 is 0. The lowest BCUT2D eigenvalue weighted by molar-refractivity contribution is -0.133. The van der Waals surface area contributed by atoms with Crippen molar-refractivity contribution in [1.29, 1.82) is 0 Å².